The molecule has 1 amide bonds. The maximum Gasteiger partial charge on any atom is 0.250 e. The monoisotopic (exact) mass is 314 g/mol. The largest absolute Gasteiger partial charge is 0.381 e. The maximum absolute atomic E-state index is 11.2. The molecule has 0 saturated carbocycles. The number of anilines is 1. The minimum Gasteiger partial charge on any atom is -0.381 e. The van der Waals surface area contributed by atoms with Crippen LogP contribution in [0.15, 0.2) is 18.3 Å². The third kappa shape index (κ3) is 3.27. The molecule has 2 aromatic rings. The van der Waals surface area contributed by atoms with E-state index in [-0.39, 0.29) is 6.54 Å². The second-order valence-electron chi connectivity index (χ2n) is 4.02. The molecule has 0 saturated heterocycles. The van der Waals surface area contributed by atoms with Gasteiger partial charge in [0.2, 0.25) is 5.91 Å². The van der Waals surface area contributed by atoms with Crippen molar-refractivity contribution in [2.24, 2.45) is 0 Å². The summed E-state index contributed by atoms with van der Waals surface area (Å²) in [5.41, 5.74) is 1.18. The van der Waals surface area contributed by atoms with Gasteiger partial charge in [0.05, 0.1) is 33.8 Å². The van der Waals surface area contributed by atoms with Crippen molar-refractivity contribution in [2.75, 3.05) is 18.9 Å². The lowest BCUT2D eigenvalue weighted by molar-refractivity contribution is -0.128. The van der Waals surface area contributed by atoms with Crippen LogP contribution in [0, 0.1) is 0 Å². The Kier molecular flexibility index (Phi) is 4.59. The minimum absolute atomic E-state index is 0.0290. The molecule has 0 aliphatic heterocycles. The first kappa shape index (κ1) is 14.8. The zero-order valence-electron chi connectivity index (χ0n) is 10.5. The standard InChI is InChI=1S/C12H12Cl2N4O2/c1-15-12(20)10(19)4-17-11-5-16-8-2-6(13)7(14)3-9(8)18-11/h2-3,5,10,19H,4H2,1H3,(H,15,20)(H,17,18). The van der Waals surface area contributed by atoms with Crippen LogP contribution in [0.2, 0.25) is 10.0 Å². The van der Waals surface area contributed by atoms with Crippen LogP contribution in [0.5, 0.6) is 0 Å². The third-order valence-electron chi connectivity index (χ3n) is 2.61. The Balaban J connectivity index is 2.16. The van der Waals surface area contributed by atoms with Gasteiger partial charge < -0.3 is 15.7 Å². The molecule has 20 heavy (non-hydrogen) atoms. The van der Waals surface area contributed by atoms with Gasteiger partial charge in [0, 0.05) is 7.05 Å². The molecule has 1 aromatic heterocycles. The first-order valence-corrected chi connectivity index (χ1v) is 6.52. The number of benzene rings is 1. The number of likely N-dealkylation sites (N-methyl/N-ethyl adjacent to an activating group) is 1. The van der Waals surface area contributed by atoms with Crippen LogP contribution in [0.1, 0.15) is 0 Å². The normalized spacial score (nSPS) is 12.2. The molecule has 0 spiro atoms. The van der Waals surface area contributed by atoms with E-state index in [2.05, 4.69) is 20.6 Å². The molecule has 0 aliphatic carbocycles. The molecule has 1 atom stereocenters. The number of nitrogens with one attached hydrogen (secondary N) is 2. The number of carbonyl (C=O) groups is 1. The van der Waals surface area contributed by atoms with Crippen LogP contribution >= 0.6 is 23.2 Å². The van der Waals surface area contributed by atoms with Crippen molar-refractivity contribution in [3.8, 4) is 0 Å². The topological polar surface area (TPSA) is 87.1 Å². The highest BCUT2D eigenvalue weighted by molar-refractivity contribution is 6.42. The Labute approximate surface area is 125 Å². The number of hydrogen-bond donors (Lipinski definition) is 3. The Bertz CT molecular complexity index is 651. The molecule has 106 valence electrons. The molecule has 1 heterocycles. The molecule has 6 nitrogen and oxygen atoms in total. The van der Waals surface area contributed by atoms with Crippen LogP contribution in [0.4, 0.5) is 5.82 Å². The predicted molar refractivity (Wildman–Crippen MR) is 78.1 cm³/mol. The molecule has 0 radical (unpaired) electrons. The number of nitrogens with zero attached hydrogens (tertiary/aromatic N) is 2. The number of amides is 1. The van der Waals surface area contributed by atoms with Crippen LogP contribution in [-0.2, 0) is 4.79 Å². The summed E-state index contributed by atoms with van der Waals surface area (Å²) < 4.78 is 0. The van der Waals surface area contributed by atoms with E-state index < -0.39 is 12.0 Å². The summed E-state index contributed by atoms with van der Waals surface area (Å²) in [6.45, 7) is 0.0290. The van der Waals surface area contributed by atoms with Crippen molar-refractivity contribution < 1.29 is 9.90 Å². The number of hydrogen-bond acceptors (Lipinski definition) is 5. The average molecular weight is 315 g/mol. The lowest BCUT2D eigenvalue weighted by Crippen LogP contribution is -2.36. The third-order valence-corrected chi connectivity index (χ3v) is 3.33. The van der Waals surface area contributed by atoms with Crippen LogP contribution in [0.25, 0.3) is 11.0 Å². The lowest BCUT2D eigenvalue weighted by Gasteiger charge is -2.11. The van der Waals surface area contributed by atoms with Gasteiger partial charge in [-0.1, -0.05) is 23.2 Å². The van der Waals surface area contributed by atoms with E-state index in [1.54, 1.807) is 12.1 Å². The smallest absolute Gasteiger partial charge is 0.250 e. The van der Waals surface area contributed by atoms with Crippen LogP contribution < -0.4 is 10.6 Å². The number of aliphatic hydroxyl groups excluding tert-OH is 1. The van der Waals surface area contributed by atoms with Gasteiger partial charge in [-0.05, 0) is 12.1 Å². The number of fused-ring (bicyclic) bond motifs is 1. The van der Waals surface area contributed by atoms with Gasteiger partial charge in [0.1, 0.15) is 11.9 Å². The minimum atomic E-state index is -1.16. The van der Waals surface area contributed by atoms with E-state index in [1.165, 1.54) is 13.2 Å². The van der Waals surface area contributed by atoms with Crippen LogP contribution in [0.3, 0.4) is 0 Å². The molecule has 8 heteroatoms. The summed E-state index contributed by atoms with van der Waals surface area (Å²) in [5, 5.41) is 15.5. The zero-order chi connectivity index (χ0) is 14.7. The number of carbonyl (C=O) groups excluding carboxylic acids is 1. The Morgan fingerprint density at radius 3 is 2.65 bits per heavy atom. The van der Waals surface area contributed by atoms with E-state index in [1.807, 2.05) is 0 Å². The first-order chi connectivity index (χ1) is 9.51. The lowest BCUT2D eigenvalue weighted by atomic mass is 10.3. The summed E-state index contributed by atoms with van der Waals surface area (Å²) in [6.07, 6.45) is 0.328. The second-order valence-corrected chi connectivity index (χ2v) is 4.84. The maximum atomic E-state index is 11.2. The van der Waals surface area contributed by atoms with Crippen molar-refractivity contribution >= 4 is 46.0 Å². The number of rotatable bonds is 4. The summed E-state index contributed by atoms with van der Waals surface area (Å²) in [4.78, 5) is 19.6. The molecule has 2 rings (SSSR count). The van der Waals surface area contributed by atoms with E-state index in [0.717, 1.165) is 0 Å². The van der Waals surface area contributed by atoms with Gasteiger partial charge >= 0.3 is 0 Å². The van der Waals surface area contributed by atoms with Gasteiger partial charge in [-0.15, -0.1) is 0 Å². The van der Waals surface area contributed by atoms with Crippen molar-refractivity contribution in [1.29, 1.82) is 0 Å². The fourth-order valence-corrected chi connectivity index (χ4v) is 1.87. The molecule has 1 aromatic carbocycles. The van der Waals surface area contributed by atoms with Gasteiger partial charge in [-0.2, -0.15) is 0 Å². The second kappa shape index (κ2) is 6.21. The molecule has 0 bridgehead atoms. The van der Waals surface area contributed by atoms with Crippen LogP contribution in [-0.4, -0.2) is 40.7 Å². The summed E-state index contributed by atoms with van der Waals surface area (Å²) in [6, 6.07) is 3.22. The summed E-state index contributed by atoms with van der Waals surface area (Å²) >= 11 is 11.8. The molecular formula is C12H12Cl2N4O2. The summed E-state index contributed by atoms with van der Waals surface area (Å²) in [7, 11) is 1.45. The molecular weight excluding hydrogens is 303 g/mol. The number of halogens is 2. The highest BCUT2D eigenvalue weighted by Gasteiger charge is 2.13. The van der Waals surface area contributed by atoms with Crippen molar-refractivity contribution in [3.63, 3.8) is 0 Å². The highest BCUT2D eigenvalue weighted by atomic mass is 35.5. The first-order valence-electron chi connectivity index (χ1n) is 5.76. The van der Waals surface area contributed by atoms with E-state index >= 15 is 0 Å². The molecule has 0 aliphatic rings. The Morgan fingerprint density at radius 1 is 1.35 bits per heavy atom. The van der Waals surface area contributed by atoms with Gasteiger partial charge in [-0.25, -0.2) is 4.98 Å². The molecule has 3 N–H and O–H groups in total. The number of aromatic nitrogens is 2. The fraction of sp³-hybridized carbons (Fsp3) is 0.250. The van der Waals surface area contributed by atoms with Crippen molar-refractivity contribution in [1.82, 2.24) is 15.3 Å². The summed E-state index contributed by atoms with van der Waals surface area (Å²) in [5.74, 6) is -0.0417. The Hall–Kier alpha value is -1.63. The predicted octanol–water partition coefficient (Wildman–Crippen LogP) is 1.46. The van der Waals surface area contributed by atoms with E-state index in [4.69, 9.17) is 23.2 Å². The van der Waals surface area contributed by atoms with Gasteiger partial charge in [-0.3, -0.25) is 9.78 Å². The molecule has 0 fully saturated rings. The fourth-order valence-electron chi connectivity index (χ4n) is 1.55. The van der Waals surface area contributed by atoms with Gasteiger partial charge in [0.15, 0.2) is 0 Å². The van der Waals surface area contributed by atoms with E-state index in [9.17, 15) is 9.90 Å². The zero-order valence-corrected chi connectivity index (χ0v) is 12.0. The number of aliphatic hydroxyl groups is 1. The highest BCUT2D eigenvalue weighted by Crippen LogP contribution is 2.26. The van der Waals surface area contributed by atoms with E-state index in [0.29, 0.717) is 26.9 Å². The SMILES string of the molecule is CNC(=O)C(O)CNc1cnc2cc(Cl)c(Cl)cc2n1. The Morgan fingerprint density at radius 2 is 2.00 bits per heavy atom. The van der Waals surface area contributed by atoms with Crippen molar-refractivity contribution in [3.05, 3.63) is 28.4 Å². The quantitative estimate of drug-likeness (QED) is 0.795. The molecule has 1 unspecified atom stereocenters. The van der Waals surface area contributed by atoms with Crippen molar-refractivity contribution in [2.45, 2.75) is 6.10 Å². The van der Waals surface area contributed by atoms with Gasteiger partial charge in [0.25, 0.3) is 0 Å². The average Bonchev–Trinajstić information content (AvgIpc) is 2.45.